The smallest absolute Gasteiger partial charge is 0.273 e. The van der Waals surface area contributed by atoms with Crippen molar-refractivity contribution in [1.29, 1.82) is 0 Å². The molecule has 0 bridgehead atoms. The molecule has 0 aliphatic heterocycles. The number of nitrogens with zero attached hydrogens (tertiary/aromatic N) is 4. The van der Waals surface area contributed by atoms with E-state index >= 15 is 0 Å². The zero-order valence-electron chi connectivity index (χ0n) is 25.1. The van der Waals surface area contributed by atoms with Crippen molar-refractivity contribution in [2.45, 2.75) is 39.5 Å². The number of halogens is 1. The second-order valence-electron chi connectivity index (χ2n) is 10.3. The molecule has 0 spiro atoms. The summed E-state index contributed by atoms with van der Waals surface area (Å²) in [6.07, 6.45) is 1.49. The molecule has 1 amide bonds. The van der Waals surface area contributed by atoms with Crippen molar-refractivity contribution in [2.75, 3.05) is 18.0 Å². The molecule has 1 N–H and O–H groups in total. The maximum Gasteiger partial charge on any atom is 0.273 e. The zero-order valence-corrected chi connectivity index (χ0v) is 26.7. The molecule has 3 aromatic carbocycles. The minimum absolute atomic E-state index is 0.0284. The van der Waals surface area contributed by atoms with E-state index in [1.54, 1.807) is 0 Å². The molecule has 0 saturated heterocycles. The molecule has 0 unspecified atom stereocenters. The van der Waals surface area contributed by atoms with Gasteiger partial charge < -0.3 is 9.30 Å². The minimum Gasteiger partial charge on any atom is -0.495 e. The Morgan fingerprint density at radius 1 is 1.02 bits per heavy atom. The third-order valence-electron chi connectivity index (χ3n) is 7.27. The van der Waals surface area contributed by atoms with Crippen LogP contribution in [0, 0.1) is 44.7 Å². The SMILES string of the molecule is COc1ccc(Cl)cc1N(CC(=O)N/N=C\c1cc(C)n(-c2ccc(C)c(C)c2)c1C)S(=O)(=O)c1ccc(C)c([N+](=O)[O-])c1. The molecule has 4 rings (SSSR count). The quantitative estimate of drug-likeness (QED) is 0.130. The second-order valence-corrected chi connectivity index (χ2v) is 12.6. The Bertz CT molecular complexity index is 1900. The van der Waals surface area contributed by atoms with Gasteiger partial charge in [0.1, 0.15) is 12.3 Å². The third-order valence-corrected chi connectivity index (χ3v) is 9.26. The van der Waals surface area contributed by atoms with Gasteiger partial charge in [0.25, 0.3) is 21.6 Å². The standard InChI is InChI=1S/C31H32ClN5O6S/c1-19-7-10-26(13-21(19)3)36-22(4)14-24(23(36)5)17-33-34-31(38)18-35(29-15-25(32)9-12-30(29)43-6)44(41,42)27-11-8-20(2)28(16-27)37(39)40/h7-17H,18H2,1-6H3,(H,34,38)/b33-17-. The number of hydrazone groups is 1. The van der Waals surface area contributed by atoms with Gasteiger partial charge in [-0.3, -0.25) is 19.2 Å². The van der Waals surface area contributed by atoms with Crippen LogP contribution in [0.4, 0.5) is 11.4 Å². The fourth-order valence-electron chi connectivity index (χ4n) is 4.75. The summed E-state index contributed by atoms with van der Waals surface area (Å²) in [6.45, 7) is 8.78. The number of hydrogen-bond donors (Lipinski definition) is 1. The summed E-state index contributed by atoms with van der Waals surface area (Å²) in [5.41, 5.74) is 8.24. The topological polar surface area (TPSA) is 136 Å². The fourth-order valence-corrected chi connectivity index (χ4v) is 6.36. The lowest BCUT2D eigenvalue weighted by Crippen LogP contribution is -2.39. The lowest BCUT2D eigenvalue weighted by molar-refractivity contribution is -0.385. The fraction of sp³-hybridized carbons (Fsp3) is 0.226. The van der Waals surface area contributed by atoms with Crippen LogP contribution in [0.3, 0.4) is 0 Å². The van der Waals surface area contributed by atoms with Gasteiger partial charge >= 0.3 is 0 Å². The van der Waals surface area contributed by atoms with Crippen molar-refractivity contribution in [1.82, 2.24) is 9.99 Å². The number of nitrogens with one attached hydrogen (secondary N) is 1. The maximum absolute atomic E-state index is 13.9. The van der Waals surface area contributed by atoms with E-state index < -0.39 is 27.4 Å². The van der Waals surface area contributed by atoms with Gasteiger partial charge in [-0.2, -0.15) is 5.10 Å². The van der Waals surface area contributed by atoms with Crippen molar-refractivity contribution in [3.63, 3.8) is 0 Å². The molecule has 1 heterocycles. The van der Waals surface area contributed by atoms with Gasteiger partial charge in [0, 0.05) is 39.3 Å². The monoisotopic (exact) mass is 637 g/mol. The van der Waals surface area contributed by atoms with Crippen molar-refractivity contribution >= 4 is 45.1 Å². The number of carbonyl (C=O) groups is 1. The highest BCUT2D eigenvalue weighted by Crippen LogP contribution is 2.35. The number of benzene rings is 3. The van der Waals surface area contributed by atoms with Crippen molar-refractivity contribution in [3.05, 3.63) is 109 Å². The van der Waals surface area contributed by atoms with Crippen molar-refractivity contribution < 1.29 is 22.9 Å². The molecule has 0 radical (unpaired) electrons. The van der Waals surface area contributed by atoms with E-state index in [0.29, 0.717) is 0 Å². The van der Waals surface area contributed by atoms with Crippen LogP contribution in [0.2, 0.25) is 5.02 Å². The number of carbonyl (C=O) groups excluding carboxylic acids is 1. The number of hydrogen-bond acceptors (Lipinski definition) is 7. The summed E-state index contributed by atoms with van der Waals surface area (Å²) in [6, 6.07) is 15.9. The van der Waals surface area contributed by atoms with Crippen LogP contribution >= 0.6 is 11.6 Å². The number of amides is 1. The summed E-state index contributed by atoms with van der Waals surface area (Å²) in [5, 5.41) is 15.8. The number of nitro benzene ring substituents is 1. The molecule has 44 heavy (non-hydrogen) atoms. The van der Waals surface area contributed by atoms with Crippen LogP contribution in [-0.4, -0.2) is 43.7 Å². The van der Waals surface area contributed by atoms with E-state index in [1.807, 2.05) is 32.9 Å². The summed E-state index contributed by atoms with van der Waals surface area (Å²) < 4.78 is 36.0. The molecule has 0 aliphatic rings. The van der Waals surface area contributed by atoms with Gasteiger partial charge in [0.05, 0.1) is 28.8 Å². The zero-order chi connectivity index (χ0) is 32.3. The lowest BCUT2D eigenvalue weighted by atomic mass is 10.1. The Morgan fingerprint density at radius 2 is 1.73 bits per heavy atom. The Kier molecular flexibility index (Phi) is 9.45. The molecular weight excluding hydrogens is 606 g/mol. The molecule has 0 atom stereocenters. The first-order valence-corrected chi connectivity index (χ1v) is 15.3. The summed E-state index contributed by atoms with van der Waals surface area (Å²) in [4.78, 5) is 23.6. The van der Waals surface area contributed by atoms with Crippen LogP contribution in [0.1, 0.15) is 33.6 Å². The highest BCUT2D eigenvalue weighted by Gasteiger charge is 2.31. The number of anilines is 1. The van der Waals surface area contributed by atoms with Crippen LogP contribution in [0.15, 0.2) is 70.7 Å². The Labute approximate surface area is 260 Å². The molecular formula is C31H32ClN5O6S. The number of rotatable bonds is 10. The predicted molar refractivity (Wildman–Crippen MR) is 171 cm³/mol. The first kappa shape index (κ1) is 32.2. The normalized spacial score (nSPS) is 11.5. The molecule has 1 aromatic heterocycles. The van der Waals surface area contributed by atoms with Crippen LogP contribution in [-0.2, 0) is 14.8 Å². The molecule has 4 aromatic rings. The van der Waals surface area contributed by atoms with Gasteiger partial charge in [-0.1, -0.05) is 23.7 Å². The van der Waals surface area contributed by atoms with Crippen LogP contribution in [0.5, 0.6) is 5.75 Å². The Balaban J connectivity index is 1.65. The number of ether oxygens (including phenoxy) is 1. The maximum atomic E-state index is 13.9. The number of aromatic nitrogens is 1. The van der Waals surface area contributed by atoms with Gasteiger partial charge in [-0.25, -0.2) is 13.8 Å². The predicted octanol–water partition coefficient (Wildman–Crippen LogP) is 5.94. The van der Waals surface area contributed by atoms with E-state index in [0.717, 1.165) is 38.6 Å². The average Bonchev–Trinajstić information content (AvgIpc) is 3.25. The van der Waals surface area contributed by atoms with E-state index in [4.69, 9.17) is 16.3 Å². The minimum atomic E-state index is -4.52. The van der Waals surface area contributed by atoms with Crippen LogP contribution < -0.4 is 14.5 Å². The van der Waals surface area contributed by atoms with E-state index in [9.17, 15) is 23.3 Å². The van der Waals surface area contributed by atoms with E-state index in [1.165, 1.54) is 56.1 Å². The Morgan fingerprint density at radius 3 is 2.39 bits per heavy atom. The van der Waals surface area contributed by atoms with Gasteiger partial charge in [-0.15, -0.1) is 0 Å². The number of aryl methyl sites for hydroxylation is 4. The molecule has 0 aliphatic carbocycles. The largest absolute Gasteiger partial charge is 0.495 e. The van der Waals surface area contributed by atoms with Gasteiger partial charge in [-0.05, 0) is 88.2 Å². The third kappa shape index (κ3) is 6.61. The highest BCUT2D eigenvalue weighted by atomic mass is 35.5. The first-order valence-electron chi connectivity index (χ1n) is 13.4. The van der Waals surface area contributed by atoms with Crippen LogP contribution in [0.25, 0.3) is 5.69 Å². The Hall–Kier alpha value is -4.68. The highest BCUT2D eigenvalue weighted by molar-refractivity contribution is 7.92. The number of sulfonamides is 1. The molecule has 11 nitrogen and oxygen atoms in total. The number of methoxy groups -OCH3 is 1. The molecule has 230 valence electrons. The van der Waals surface area contributed by atoms with Crippen molar-refractivity contribution in [3.8, 4) is 11.4 Å². The first-order chi connectivity index (χ1) is 20.7. The van der Waals surface area contributed by atoms with E-state index in [-0.39, 0.29) is 32.6 Å². The number of nitro groups is 1. The molecule has 13 heteroatoms. The summed E-state index contributed by atoms with van der Waals surface area (Å²) in [7, 11) is -3.18. The van der Waals surface area contributed by atoms with Gasteiger partial charge in [0.2, 0.25) is 0 Å². The molecule has 0 fully saturated rings. The van der Waals surface area contributed by atoms with Gasteiger partial charge in [0.15, 0.2) is 0 Å². The lowest BCUT2D eigenvalue weighted by Gasteiger charge is -2.25. The second kappa shape index (κ2) is 12.9. The van der Waals surface area contributed by atoms with Crippen molar-refractivity contribution in [2.24, 2.45) is 5.10 Å². The summed E-state index contributed by atoms with van der Waals surface area (Å²) >= 11 is 6.19. The summed E-state index contributed by atoms with van der Waals surface area (Å²) in [5.74, 6) is -0.647. The molecule has 0 saturated carbocycles. The van der Waals surface area contributed by atoms with E-state index in [2.05, 4.69) is 34.2 Å². The average molecular weight is 638 g/mol.